The van der Waals surface area contributed by atoms with Crippen LogP contribution in [-0.2, 0) is 4.79 Å². The number of aromatic nitrogens is 3. The largest absolute Gasteiger partial charge is 0.312 e. The van der Waals surface area contributed by atoms with E-state index in [2.05, 4.69) is 22.4 Å². The van der Waals surface area contributed by atoms with Crippen LogP contribution in [0.25, 0.3) is 5.65 Å². The van der Waals surface area contributed by atoms with Crippen LogP contribution in [0.15, 0.2) is 54.7 Å². The van der Waals surface area contributed by atoms with Crippen LogP contribution in [-0.4, -0.2) is 33.1 Å². The summed E-state index contributed by atoms with van der Waals surface area (Å²) in [5, 5.41) is 12.0. The number of amides is 1. The zero-order chi connectivity index (χ0) is 17.2. The number of fused-ring (bicyclic) bond motifs is 1. The maximum Gasteiger partial charge on any atom is 0.228 e. The van der Waals surface area contributed by atoms with Crippen molar-refractivity contribution in [3.8, 4) is 0 Å². The zero-order valence-electron chi connectivity index (χ0n) is 14.2. The number of carbonyl (C=O) groups is 1. The summed E-state index contributed by atoms with van der Waals surface area (Å²) >= 11 is 0. The van der Waals surface area contributed by atoms with Crippen molar-refractivity contribution in [2.75, 3.05) is 11.4 Å². The number of para-hydroxylation sites is 1. The number of nitrogens with zero attached hydrogens (tertiary/aromatic N) is 4. The molecule has 0 saturated carbocycles. The second kappa shape index (κ2) is 6.64. The number of hydrogen-bond donors (Lipinski definition) is 1. The van der Waals surface area contributed by atoms with Gasteiger partial charge in [-0.1, -0.05) is 24.3 Å². The molecule has 6 nitrogen and oxygen atoms in total. The molecule has 1 fully saturated rings. The van der Waals surface area contributed by atoms with Gasteiger partial charge in [-0.15, -0.1) is 10.2 Å². The minimum atomic E-state index is 0.0264. The van der Waals surface area contributed by atoms with Crippen molar-refractivity contribution in [1.29, 1.82) is 0 Å². The highest BCUT2D eigenvalue weighted by molar-refractivity contribution is 5.94. The van der Waals surface area contributed by atoms with E-state index in [1.807, 2.05) is 64.0 Å². The van der Waals surface area contributed by atoms with E-state index in [0.29, 0.717) is 6.42 Å². The third-order valence-corrected chi connectivity index (χ3v) is 4.70. The van der Waals surface area contributed by atoms with Crippen molar-refractivity contribution in [2.24, 2.45) is 0 Å². The fourth-order valence-electron chi connectivity index (χ4n) is 3.44. The number of anilines is 1. The molecule has 1 amide bonds. The Morgan fingerprint density at radius 3 is 2.72 bits per heavy atom. The number of carbonyl (C=O) groups excluding carboxylic acids is 1. The summed E-state index contributed by atoms with van der Waals surface area (Å²) in [6.07, 6.45) is 3.38. The Hall–Kier alpha value is -2.73. The molecule has 0 spiro atoms. The molecule has 128 valence electrons. The molecule has 1 aliphatic rings. The van der Waals surface area contributed by atoms with Crippen LogP contribution in [0, 0.1) is 0 Å². The molecule has 25 heavy (non-hydrogen) atoms. The molecule has 6 heteroatoms. The third-order valence-electron chi connectivity index (χ3n) is 4.70. The summed E-state index contributed by atoms with van der Waals surface area (Å²) in [4.78, 5) is 14.4. The van der Waals surface area contributed by atoms with E-state index < -0.39 is 0 Å². The van der Waals surface area contributed by atoms with Gasteiger partial charge >= 0.3 is 0 Å². The summed E-state index contributed by atoms with van der Waals surface area (Å²) in [5.74, 6) is 1.03. The molecule has 1 aliphatic heterocycles. The highest BCUT2D eigenvalue weighted by atomic mass is 16.2. The van der Waals surface area contributed by atoms with E-state index in [0.717, 1.165) is 30.1 Å². The maximum atomic E-state index is 12.5. The molecule has 0 aliphatic carbocycles. The number of nitrogens with one attached hydrogen (secondary N) is 1. The van der Waals surface area contributed by atoms with Gasteiger partial charge in [0.1, 0.15) is 0 Å². The lowest BCUT2D eigenvalue weighted by Gasteiger charge is -2.33. The SMILES string of the molecule is C[C@H](N[C@H]1CCN(c2ccccc2)C(=O)C1)c1nnc2ccccn12. The molecule has 2 atom stereocenters. The van der Waals surface area contributed by atoms with Crippen LogP contribution >= 0.6 is 0 Å². The van der Waals surface area contributed by atoms with Crippen LogP contribution in [0.2, 0.25) is 0 Å². The number of rotatable bonds is 4. The summed E-state index contributed by atoms with van der Waals surface area (Å²) in [5.41, 5.74) is 1.81. The van der Waals surface area contributed by atoms with Crippen LogP contribution in [0.5, 0.6) is 0 Å². The molecule has 3 heterocycles. The Kier molecular flexibility index (Phi) is 4.19. The van der Waals surface area contributed by atoms with E-state index in [9.17, 15) is 4.79 Å². The monoisotopic (exact) mass is 335 g/mol. The van der Waals surface area contributed by atoms with Crippen LogP contribution in [0.1, 0.15) is 31.6 Å². The Morgan fingerprint density at radius 2 is 1.92 bits per heavy atom. The molecular weight excluding hydrogens is 314 g/mol. The molecule has 0 unspecified atom stereocenters. The normalized spacial score (nSPS) is 19.3. The second-order valence-electron chi connectivity index (χ2n) is 6.45. The van der Waals surface area contributed by atoms with E-state index in [1.54, 1.807) is 0 Å². The van der Waals surface area contributed by atoms with Crippen molar-refractivity contribution >= 4 is 17.2 Å². The van der Waals surface area contributed by atoms with Gasteiger partial charge in [0.05, 0.1) is 6.04 Å². The topological polar surface area (TPSA) is 62.5 Å². The number of pyridine rings is 1. The van der Waals surface area contributed by atoms with Gasteiger partial charge in [0, 0.05) is 30.9 Å². The summed E-state index contributed by atoms with van der Waals surface area (Å²) in [7, 11) is 0. The highest BCUT2D eigenvalue weighted by Gasteiger charge is 2.28. The fourth-order valence-corrected chi connectivity index (χ4v) is 3.44. The summed E-state index contributed by atoms with van der Waals surface area (Å²) < 4.78 is 1.98. The van der Waals surface area contributed by atoms with Crippen molar-refractivity contribution in [3.63, 3.8) is 0 Å². The van der Waals surface area contributed by atoms with Gasteiger partial charge in [-0.2, -0.15) is 0 Å². The minimum Gasteiger partial charge on any atom is -0.312 e. The summed E-state index contributed by atoms with van der Waals surface area (Å²) in [6.45, 7) is 2.80. The first kappa shape index (κ1) is 15.8. The molecule has 0 radical (unpaired) electrons. The molecule has 4 rings (SSSR count). The minimum absolute atomic E-state index is 0.0264. The fraction of sp³-hybridized carbons (Fsp3) is 0.316. The molecule has 2 aromatic heterocycles. The zero-order valence-corrected chi connectivity index (χ0v) is 14.2. The van der Waals surface area contributed by atoms with Gasteiger partial charge < -0.3 is 10.2 Å². The van der Waals surface area contributed by atoms with E-state index in [1.165, 1.54) is 0 Å². The Morgan fingerprint density at radius 1 is 1.12 bits per heavy atom. The maximum absolute atomic E-state index is 12.5. The molecular formula is C19H21N5O. The lowest BCUT2D eigenvalue weighted by molar-refractivity contribution is -0.120. The second-order valence-corrected chi connectivity index (χ2v) is 6.45. The molecule has 3 aromatic rings. The van der Waals surface area contributed by atoms with Gasteiger partial charge in [-0.3, -0.25) is 9.20 Å². The first-order valence-corrected chi connectivity index (χ1v) is 8.63. The lowest BCUT2D eigenvalue weighted by Crippen LogP contribution is -2.46. The molecule has 1 N–H and O–H groups in total. The number of benzene rings is 1. The Balaban J connectivity index is 1.43. The van der Waals surface area contributed by atoms with E-state index in [-0.39, 0.29) is 18.0 Å². The van der Waals surface area contributed by atoms with Crippen LogP contribution < -0.4 is 10.2 Å². The highest BCUT2D eigenvalue weighted by Crippen LogP contribution is 2.22. The van der Waals surface area contributed by atoms with Gasteiger partial charge in [0.25, 0.3) is 0 Å². The molecule has 1 aromatic carbocycles. The Bertz CT molecular complexity index is 876. The lowest BCUT2D eigenvalue weighted by atomic mass is 10.0. The number of hydrogen-bond acceptors (Lipinski definition) is 4. The Labute approximate surface area is 146 Å². The molecule has 0 bridgehead atoms. The predicted octanol–water partition coefficient (Wildman–Crippen LogP) is 2.58. The van der Waals surface area contributed by atoms with Gasteiger partial charge in [-0.25, -0.2) is 0 Å². The number of piperidine rings is 1. The van der Waals surface area contributed by atoms with Crippen molar-refractivity contribution in [3.05, 3.63) is 60.6 Å². The van der Waals surface area contributed by atoms with Crippen molar-refractivity contribution in [2.45, 2.75) is 31.8 Å². The van der Waals surface area contributed by atoms with Crippen LogP contribution in [0.4, 0.5) is 5.69 Å². The average Bonchev–Trinajstić information content (AvgIpc) is 3.07. The summed E-state index contributed by atoms with van der Waals surface area (Å²) in [6, 6.07) is 15.9. The standard InChI is InChI=1S/C19H21N5O/c1-14(19-22-21-17-9-5-6-11-24(17)19)20-15-10-12-23(18(25)13-15)16-7-3-2-4-8-16/h2-9,11,14-15,20H,10,12-13H2,1H3/t14-,15-/m0/s1. The van der Waals surface area contributed by atoms with Gasteiger partial charge in [0.15, 0.2) is 11.5 Å². The van der Waals surface area contributed by atoms with E-state index >= 15 is 0 Å². The van der Waals surface area contributed by atoms with Gasteiger partial charge in [-0.05, 0) is 37.6 Å². The molecule has 1 saturated heterocycles. The average molecular weight is 335 g/mol. The van der Waals surface area contributed by atoms with Gasteiger partial charge in [0.2, 0.25) is 5.91 Å². The van der Waals surface area contributed by atoms with Crippen LogP contribution in [0.3, 0.4) is 0 Å². The van der Waals surface area contributed by atoms with Crippen molar-refractivity contribution in [1.82, 2.24) is 19.9 Å². The smallest absolute Gasteiger partial charge is 0.228 e. The third kappa shape index (κ3) is 3.13. The first-order chi connectivity index (χ1) is 12.2. The quantitative estimate of drug-likeness (QED) is 0.796. The predicted molar refractivity (Wildman–Crippen MR) is 96.4 cm³/mol. The first-order valence-electron chi connectivity index (χ1n) is 8.63. The van der Waals surface area contributed by atoms with E-state index in [4.69, 9.17) is 0 Å². The van der Waals surface area contributed by atoms with Crippen molar-refractivity contribution < 1.29 is 4.79 Å².